The minimum Gasteiger partial charge on any atom is -0.497 e. The Balaban J connectivity index is 1.55. The molecule has 0 N–H and O–H groups in total. The Hall–Kier alpha value is -3.73. The molecule has 4 rings (SSSR count). The number of Topliss-reactive ketones (excluding diaryl/α,β-unsaturated/α-hetero) is 1. The molecule has 29 heavy (non-hydrogen) atoms. The Morgan fingerprint density at radius 3 is 2.69 bits per heavy atom. The van der Waals surface area contributed by atoms with Gasteiger partial charge in [0.05, 0.1) is 7.11 Å². The first-order chi connectivity index (χ1) is 14.1. The number of nitrogens with zero attached hydrogens (tertiary/aromatic N) is 2. The van der Waals surface area contributed by atoms with Crippen LogP contribution in [0.4, 0.5) is 0 Å². The lowest BCUT2D eigenvalue weighted by Crippen LogP contribution is -2.28. The van der Waals surface area contributed by atoms with E-state index < -0.39 is 0 Å². The van der Waals surface area contributed by atoms with Crippen molar-refractivity contribution in [1.29, 1.82) is 0 Å². The predicted octanol–water partition coefficient (Wildman–Crippen LogP) is 4.15. The van der Waals surface area contributed by atoms with E-state index in [1.54, 1.807) is 48.7 Å². The van der Waals surface area contributed by atoms with Gasteiger partial charge in [0.15, 0.2) is 5.78 Å². The number of fused-ring (bicyclic) bond motifs is 1. The summed E-state index contributed by atoms with van der Waals surface area (Å²) in [4.78, 5) is 31.5. The molecule has 2 heterocycles. The summed E-state index contributed by atoms with van der Waals surface area (Å²) < 4.78 is 5.18. The summed E-state index contributed by atoms with van der Waals surface area (Å²) in [6.07, 6.45) is 3.51. The van der Waals surface area contributed by atoms with Gasteiger partial charge in [-0.1, -0.05) is 36.9 Å². The van der Waals surface area contributed by atoms with Crippen molar-refractivity contribution in [3.8, 4) is 16.9 Å². The highest BCUT2D eigenvalue weighted by Gasteiger charge is 2.30. The second kappa shape index (κ2) is 7.72. The van der Waals surface area contributed by atoms with Gasteiger partial charge >= 0.3 is 0 Å². The molecule has 1 aromatic heterocycles. The fourth-order valence-corrected chi connectivity index (χ4v) is 3.58. The molecule has 0 unspecified atom stereocenters. The second-order valence-corrected chi connectivity index (χ2v) is 6.90. The van der Waals surface area contributed by atoms with Gasteiger partial charge in [0.2, 0.25) is 0 Å². The molecule has 5 nitrogen and oxygen atoms in total. The van der Waals surface area contributed by atoms with E-state index in [2.05, 4.69) is 11.6 Å². The number of ketones is 1. The third-order valence-corrected chi connectivity index (χ3v) is 5.05. The average molecular weight is 384 g/mol. The van der Waals surface area contributed by atoms with Gasteiger partial charge in [-0.2, -0.15) is 0 Å². The molecule has 2 aromatic carbocycles. The lowest BCUT2D eigenvalue weighted by Gasteiger charge is -2.17. The number of hydrogen-bond acceptors (Lipinski definition) is 4. The minimum atomic E-state index is -0.194. The number of pyridine rings is 1. The number of carbonyl (C=O) groups excluding carboxylic acids is 2. The maximum atomic E-state index is 12.9. The topological polar surface area (TPSA) is 59.5 Å². The summed E-state index contributed by atoms with van der Waals surface area (Å²) in [7, 11) is 1.55. The number of benzene rings is 2. The van der Waals surface area contributed by atoms with Crippen molar-refractivity contribution in [2.45, 2.75) is 6.54 Å². The Labute approximate surface area is 169 Å². The molecule has 3 aromatic rings. The van der Waals surface area contributed by atoms with Gasteiger partial charge in [-0.05, 0) is 35.4 Å². The minimum absolute atomic E-state index is 0.0923. The molecular formula is C24H20N2O3. The Morgan fingerprint density at radius 2 is 1.93 bits per heavy atom. The van der Waals surface area contributed by atoms with Crippen LogP contribution in [0.1, 0.15) is 26.3 Å². The Morgan fingerprint density at radius 1 is 1.14 bits per heavy atom. The average Bonchev–Trinajstić information content (AvgIpc) is 3.09. The van der Waals surface area contributed by atoms with Crippen LogP contribution < -0.4 is 4.74 Å². The van der Waals surface area contributed by atoms with E-state index in [4.69, 9.17) is 4.74 Å². The van der Waals surface area contributed by atoms with Crippen LogP contribution in [-0.4, -0.2) is 35.2 Å². The maximum Gasteiger partial charge on any atom is 0.254 e. The molecule has 0 radical (unpaired) electrons. The third kappa shape index (κ3) is 3.55. The number of carbonyl (C=O) groups is 2. The van der Waals surface area contributed by atoms with E-state index in [-0.39, 0.29) is 18.2 Å². The smallest absolute Gasteiger partial charge is 0.254 e. The van der Waals surface area contributed by atoms with Gasteiger partial charge in [0.25, 0.3) is 5.91 Å². The molecule has 1 amide bonds. The van der Waals surface area contributed by atoms with Crippen LogP contribution >= 0.6 is 0 Å². The van der Waals surface area contributed by atoms with Gasteiger partial charge in [-0.15, -0.1) is 0 Å². The summed E-state index contributed by atoms with van der Waals surface area (Å²) in [6.45, 7) is 4.54. The van der Waals surface area contributed by atoms with Crippen LogP contribution in [0.25, 0.3) is 11.1 Å². The SMILES string of the molecule is C=C(CN1Cc2c(cccc2-c2cccnc2)C1=O)C(=O)c1cccc(OC)c1. The van der Waals surface area contributed by atoms with Gasteiger partial charge in [-0.3, -0.25) is 14.6 Å². The van der Waals surface area contributed by atoms with Crippen LogP contribution in [0.3, 0.4) is 0 Å². The van der Waals surface area contributed by atoms with E-state index in [1.165, 1.54) is 0 Å². The van der Waals surface area contributed by atoms with Crippen molar-refractivity contribution in [1.82, 2.24) is 9.88 Å². The highest BCUT2D eigenvalue weighted by atomic mass is 16.5. The first-order valence-electron chi connectivity index (χ1n) is 9.26. The zero-order chi connectivity index (χ0) is 20.4. The van der Waals surface area contributed by atoms with Gasteiger partial charge in [-0.25, -0.2) is 0 Å². The summed E-state index contributed by atoms with van der Waals surface area (Å²) in [6, 6.07) is 16.5. The van der Waals surface area contributed by atoms with Crippen LogP contribution in [-0.2, 0) is 6.54 Å². The molecule has 5 heteroatoms. The van der Waals surface area contributed by atoms with Gasteiger partial charge < -0.3 is 9.64 Å². The van der Waals surface area contributed by atoms with Crippen LogP contribution in [0, 0.1) is 0 Å². The molecular weight excluding hydrogens is 364 g/mol. The van der Waals surface area contributed by atoms with Crippen LogP contribution in [0.2, 0.25) is 0 Å². The predicted molar refractivity (Wildman–Crippen MR) is 111 cm³/mol. The largest absolute Gasteiger partial charge is 0.497 e. The highest BCUT2D eigenvalue weighted by Crippen LogP contribution is 2.32. The fourth-order valence-electron chi connectivity index (χ4n) is 3.58. The van der Waals surface area contributed by atoms with E-state index in [0.29, 0.717) is 29.0 Å². The summed E-state index contributed by atoms with van der Waals surface area (Å²) in [5, 5.41) is 0. The normalized spacial score (nSPS) is 12.6. The molecule has 0 aliphatic carbocycles. The Bertz CT molecular complexity index is 1110. The molecule has 0 atom stereocenters. The third-order valence-electron chi connectivity index (χ3n) is 5.05. The lowest BCUT2D eigenvalue weighted by molar-refractivity contribution is 0.0788. The molecule has 0 bridgehead atoms. The van der Waals surface area contributed by atoms with Crippen molar-refractivity contribution in [3.63, 3.8) is 0 Å². The number of hydrogen-bond donors (Lipinski definition) is 0. The molecule has 0 saturated carbocycles. The van der Waals surface area contributed by atoms with E-state index in [1.807, 2.05) is 30.3 Å². The number of ether oxygens (including phenoxy) is 1. The lowest BCUT2D eigenvalue weighted by atomic mass is 9.98. The quantitative estimate of drug-likeness (QED) is 0.473. The molecule has 144 valence electrons. The molecule has 1 aliphatic heterocycles. The van der Waals surface area contributed by atoms with Crippen molar-refractivity contribution in [3.05, 3.63) is 95.8 Å². The van der Waals surface area contributed by atoms with Crippen molar-refractivity contribution >= 4 is 11.7 Å². The highest BCUT2D eigenvalue weighted by molar-refractivity contribution is 6.09. The first-order valence-corrected chi connectivity index (χ1v) is 9.26. The van der Waals surface area contributed by atoms with Gasteiger partial charge in [0.1, 0.15) is 5.75 Å². The first kappa shape index (κ1) is 18.6. The zero-order valence-corrected chi connectivity index (χ0v) is 16.1. The number of aromatic nitrogens is 1. The van der Waals surface area contributed by atoms with Crippen molar-refractivity contribution in [2.75, 3.05) is 13.7 Å². The molecule has 0 spiro atoms. The van der Waals surface area contributed by atoms with Crippen LogP contribution in [0.15, 0.2) is 79.1 Å². The summed E-state index contributed by atoms with van der Waals surface area (Å²) in [5.41, 5.74) is 4.42. The molecule has 0 fully saturated rings. The van der Waals surface area contributed by atoms with Crippen molar-refractivity contribution in [2.24, 2.45) is 0 Å². The summed E-state index contributed by atoms with van der Waals surface area (Å²) >= 11 is 0. The zero-order valence-electron chi connectivity index (χ0n) is 16.1. The van der Waals surface area contributed by atoms with Crippen LogP contribution in [0.5, 0.6) is 5.75 Å². The fraction of sp³-hybridized carbons (Fsp3) is 0.125. The Kier molecular flexibility index (Phi) is 4.96. The number of amides is 1. The number of rotatable bonds is 6. The second-order valence-electron chi connectivity index (χ2n) is 6.90. The monoisotopic (exact) mass is 384 g/mol. The van der Waals surface area contributed by atoms with Gasteiger partial charge in [0, 0.05) is 47.7 Å². The van der Waals surface area contributed by atoms with E-state index >= 15 is 0 Å². The molecule has 0 saturated heterocycles. The molecule has 1 aliphatic rings. The van der Waals surface area contributed by atoms with Crippen molar-refractivity contribution < 1.29 is 14.3 Å². The number of methoxy groups -OCH3 is 1. The van der Waals surface area contributed by atoms with E-state index in [0.717, 1.165) is 16.7 Å². The van der Waals surface area contributed by atoms with E-state index in [9.17, 15) is 9.59 Å². The summed E-state index contributed by atoms with van der Waals surface area (Å²) in [5.74, 6) is 0.319. The standard InChI is InChI=1S/C24H20N2O3/c1-16(23(27)17-6-3-8-19(12-17)29-2)14-26-15-22-20(18-7-5-11-25-13-18)9-4-10-21(22)24(26)28/h3-13H,1,14-15H2,2H3. The maximum absolute atomic E-state index is 12.9.